The molecular formula is C22H27NO3. The van der Waals surface area contributed by atoms with Gasteiger partial charge in [0.25, 0.3) is 5.91 Å². The lowest BCUT2D eigenvalue weighted by Crippen LogP contribution is -2.32. The SMILES string of the molecule is CCC[C@H](C[C@@H](NC(=O)c1ccccc1)c1ccccc1)C(=O)OCC. The zero-order chi connectivity index (χ0) is 18.8. The highest BCUT2D eigenvalue weighted by Gasteiger charge is 2.25. The summed E-state index contributed by atoms with van der Waals surface area (Å²) in [4.78, 5) is 25.0. The summed E-state index contributed by atoms with van der Waals surface area (Å²) in [6, 6.07) is 18.7. The van der Waals surface area contributed by atoms with Crippen molar-refractivity contribution in [1.82, 2.24) is 5.32 Å². The van der Waals surface area contributed by atoms with E-state index < -0.39 is 0 Å². The molecule has 138 valence electrons. The van der Waals surface area contributed by atoms with E-state index in [0.29, 0.717) is 18.6 Å². The summed E-state index contributed by atoms with van der Waals surface area (Å²) < 4.78 is 5.23. The van der Waals surface area contributed by atoms with Crippen LogP contribution in [0.2, 0.25) is 0 Å². The third-order valence-electron chi connectivity index (χ3n) is 4.32. The molecule has 4 heteroatoms. The molecule has 0 aliphatic heterocycles. The number of carbonyl (C=O) groups excluding carboxylic acids is 2. The summed E-state index contributed by atoms with van der Waals surface area (Å²) >= 11 is 0. The van der Waals surface area contributed by atoms with Crippen LogP contribution in [0.5, 0.6) is 0 Å². The van der Waals surface area contributed by atoms with Gasteiger partial charge in [0, 0.05) is 5.56 Å². The predicted molar refractivity (Wildman–Crippen MR) is 103 cm³/mol. The van der Waals surface area contributed by atoms with E-state index in [1.54, 1.807) is 12.1 Å². The highest BCUT2D eigenvalue weighted by atomic mass is 16.5. The maximum absolute atomic E-state index is 12.6. The highest BCUT2D eigenvalue weighted by molar-refractivity contribution is 5.94. The molecule has 0 bridgehead atoms. The van der Waals surface area contributed by atoms with Crippen molar-refractivity contribution in [2.24, 2.45) is 5.92 Å². The second kappa shape index (κ2) is 10.4. The first-order valence-electron chi connectivity index (χ1n) is 9.23. The van der Waals surface area contributed by atoms with Crippen LogP contribution in [0.25, 0.3) is 0 Å². The zero-order valence-corrected chi connectivity index (χ0v) is 15.5. The molecule has 0 aliphatic carbocycles. The van der Waals surface area contributed by atoms with Gasteiger partial charge in [0.05, 0.1) is 18.6 Å². The largest absolute Gasteiger partial charge is 0.466 e. The minimum atomic E-state index is -0.245. The fraction of sp³-hybridized carbons (Fsp3) is 0.364. The van der Waals surface area contributed by atoms with E-state index in [4.69, 9.17) is 4.74 Å². The minimum absolute atomic E-state index is 0.140. The molecule has 0 radical (unpaired) electrons. The lowest BCUT2D eigenvalue weighted by atomic mass is 9.91. The van der Waals surface area contributed by atoms with Crippen LogP contribution in [0.15, 0.2) is 60.7 Å². The number of hydrogen-bond donors (Lipinski definition) is 1. The fourth-order valence-corrected chi connectivity index (χ4v) is 3.02. The number of nitrogens with one attached hydrogen (secondary N) is 1. The second-order valence-corrected chi connectivity index (χ2v) is 6.28. The van der Waals surface area contributed by atoms with Gasteiger partial charge in [-0.25, -0.2) is 0 Å². The van der Waals surface area contributed by atoms with Gasteiger partial charge in [-0.05, 0) is 37.5 Å². The monoisotopic (exact) mass is 353 g/mol. The van der Waals surface area contributed by atoms with Gasteiger partial charge in [-0.15, -0.1) is 0 Å². The molecule has 2 aromatic carbocycles. The van der Waals surface area contributed by atoms with Crippen LogP contribution in [-0.4, -0.2) is 18.5 Å². The molecule has 0 aliphatic rings. The average molecular weight is 353 g/mol. The molecule has 2 atom stereocenters. The standard InChI is InChI=1S/C22H27NO3/c1-3-11-19(22(25)26-4-2)16-20(17-12-7-5-8-13-17)23-21(24)18-14-9-6-10-15-18/h5-10,12-15,19-20H,3-4,11,16H2,1-2H3,(H,23,24)/t19-,20-/m1/s1. The molecule has 0 saturated carbocycles. The van der Waals surface area contributed by atoms with Gasteiger partial charge in [-0.2, -0.15) is 0 Å². The molecule has 0 saturated heterocycles. The summed E-state index contributed by atoms with van der Waals surface area (Å²) in [6.45, 7) is 4.23. The van der Waals surface area contributed by atoms with Crippen LogP contribution >= 0.6 is 0 Å². The quantitative estimate of drug-likeness (QED) is 0.674. The molecule has 0 heterocycles. The van der Waals surface area contributed by atoms with Gasteiger partial charge in [0.15, 0.2) is 0 Å². The maximum atomic E-state index is 12.6. The van der Waals surface area contributed by atoms with Crippen molar-refractivity contribution in [2.45, 2.75) is 39.2 Å². The van der Waals surface area contributed by atoms with Gasteiger partial charge in [0.1, 0.15) is 0 Å². The minimum Gasteiger partial charge on any atom is -0.466 e. The van der Waals surface area contributed by atoms with Crippen LogP contribution in [0.4, 0.5) is 0 Å². The summed E-state index contributed by atoms with van der Waals surface area (Å²) in [6.07, 6.45) is 2.15. The molecule has 0 unspecified atom stereocenters. The normalized spacial score (nSPS) is 12.8. The zero-order valence-electron chi connectivity index (χ0n) is 15.5. The average Bonchev–Trinajstić information content (AvgIpc) is 2.68. The lowest BCUT2D eigenvalue weighted by molar-refractivity contribution is -0.148. The highest BCUT2D eigenvalue weighted by Crippen LogP contribution is 2.26. The molecular weight excluding hydrogens is 326 g/mol. The number of carbonyl (C=O) groups is 2. The van der Waals surface area contributed by atoms with Gasteiger partial charge in [0.2, 0.25) is 0 Å². The predicted octanol–water partition coefficient (Wildman–Crippen LogP) is 4.53. The van der Waals surface area contributed by atoms with Crippen LogP contribution in [0.1, 0.15) is 55.1 Å². The Bertz CT molecular complexity index is 685. The van der Waals surface area contributed by atoms with Gasteiger partial charge < -0.3 is 10.1 Å². The summed E-state index contributed by atoms with van der Waals surface area (Å²) in [7, 11) is 0. The van der Waals surface area contributed by atoms with Gasteiger partial charge in [-0.1, -0.05) is 61.9 Å². The Kier molecular flexibility index (Phi) is 7.87. The summed E-state index contributed by atoms with van der Waals surface area (Å²) in [5, 5.41) is 3.09. The molecule has 1 N–H and O–H groups in total. The molecule has 0 aromatic heterocycles. The number of ether oxygens (including phenoxy) is 1. The van der Waals surface area contributed by atoms with Gasteiger partial charge >= 0.3 is 5.97 Å². The Morgan fingerprint density at radius 1 is 0.962 bits per heavy atom. The van der Waals surface area contributed by atoms with Crippen LogP contribution < -0.4 is 5.32 Å². The lowest BCUT2D eigenvalue weighted by Gasteiger charge is -2.24. The number of benzene rings is 2. The molecule has 4 nitrogen and oxygen atoms in total. The molecule has 0 fully saturated rings. The first kappa shape index (κ1) is 19.7. The van der Waals surface area contributed by atoms with Crippen LogP contribution in [0.3, 0.4) is 0 Å². The number of rotatable bonds is 9. The van der Waals surface area contributed by atoms with Crippen molar-refractivity contribution in [3.8, 4) is 0 Å². The van der Waals surface area contributed by atoms with Crippen LogP contribution in [-0.2, 0) is 9.53 Å². The first-order valence-corrected chi connectivity index (χ1v) is 9.23. The molecule has 1 amide bonds. The Hall–Kier alpha value is -2.62. The summed E-state index contributed by atoms with van der Waals surface area (Å²) in [5.41, 5.74) is 1.60. The number of esters is 1. The van der Waals surface area contributed by atoms with E-state index in [1.165, 1.54) is 0 Å². The van der Waals surface area contributed by atoms with Crippen molar-refractivity contribution in [2.75, 3.05) is 6.61 Å². The molecule has 2 rings (SSSR count). The summed E-state index contributed by atoms with van der Waals surface area (Å²) in [5.74, 6) is -0.566. The van der Waals surface area contributed by atoms with Crippen LogP contribution in [0, 0.1) is 5.92 Å². The van der Waals surface area contributed by atoms with E-state index in [-0.39, 0.29) is 23.8 Å². The van der Waals surface area contributed by atoms with E-state index in [1.807, 2.05) is 62.4 Å². The molecule has 2 aromatic rings. The Balaban J connectivity index is 2.20. The van der Waals surface area contributed by atoms with Crippen molar-refractivity contribution in [1.29, 1.82) is 0 Å². The van der Waals surface area contributed by atoms with Crippen molar-refractivity contribution < 1.29 is 14.3 Å². The fourth-order valence-electron chi connectivity index (χ4n) is 3.02. The van der Waals surface area contributed by atoms with Crippen molar-refractivity contribution >= 4 is 11.9 Å². The Morgan fingerprint density at radius 3 is 2.15 bits per heavy atom. The van der Waals surface area contributed by atoms with E-state index in [2.05, 4.69) is 5.32 Å². The number of hydrogen-bond acceptors (Lipinski definition) is 3. The van der Waals surface area contributed by atoms with E-state index >= 15 is 0 Å². The van der Waals surface area contributed by atoms with Gasteiger partial charge in [-0.3, -0.25) is 9.59 Å². The third kappa shape index (κ3) is 5.73. The number of amides is 1. The Labute approximate surface area is 155 Å². The molecule has 26 heavy (non-hydrogen) atoms. The van der Waals surface area contributed by atoms with E-state index in [9.17, 15) is 9.59 Å². The van der Waals surface area contributed by atoms with E-state index in [0.717, 1.165) is 18.4 Å². The van der Waals surface area contributed by atoms with Crippen molar-refractivity contribution in [3.05, 3.63) is 71.8 Å². The Morgan fingerprint density at radius 2 is 1.58 bits per heavy atom. The molecule has 0 spiro atoms. The topological polar surface area (TPSA) is 55.4 Å². The first-order chi connectivity index (χ1) is 12.7. The smallest absolute Gasteiger partial charge is 0.309 e. The van der Waals surface area contributed by atoms with Crippen molar-refractivity contribution in [3.63, 3.8) is 0 Å². The maximum Gasteiger partial charge on any atom is 0.309 e. The third-order valence-corrected chi connectivity index (χ3v) is 4.32. The second-order valence-electron chi connectivity index (χ2n) is 6.28.